The van der Waals surface area contributed by atoms with Crippen LogP contribution in [-0.2, 0) is 0 Å². The molecule has 0 amide bonds. The summed E-state index contributed by atoms with van der Waals surface area (Å²) < 4.78 is 5.02. The van der Waals surface area contributed by atoms with Gasteiger partial charge < -0.3 is 10.5 Å². The van der Waals surface area contributed by atoms with Crippen molar-refractivity contribution in [3.05, 3.63) is 23.2 Å². The molecule has 1 rings (SSSR count). The van der Waals surface area contributed by atoms with Gasteiger partial charge in [-0.2, -0.15) is 0 Å². The fraction of sp³-hybridized carbons (Fsp3) is 0.300. The molecule has 0 aliphatic rings. The number of amidine groups is 1. The molecule has 0 aliphatic heterocycles. The molecule has 14 heavy (non-hydrogen) atoms. The van der Waals surface area contributed by atoms with Crippen LogP contribution in [0.5, 0.6) is 5.75 Å². The second kappa shape index (κ2) is 4.86. The molecule has 0 radical (unpaired) electrons. The van der Waals surface area contributed by atoms with Crippen LogP contribution in [0.3, 0.4) is 0 Å². The predicted octanol–water partition coefficient (Wildman–Crippen LogP) is 2.75. The molecule has 76 valence electrons. The number of hydrogen-bond donors (Lipinski definition) is 1. The van der Waals surface area contributed by atoms with Gasteiger partial charge in [0.05, 0.1) is 23.7 Å². The molecule has 0 spiro atoms. The number of benzene rings is 1. The summed E-state index contributed by atoms with van der Waals surface area (Å²) in [5.41, 5.74) is 6.35. The van der Waals surface area contributed by atoms with Crippen LogP contribution in [0.2, 0.25) is 5.02 Å². The number of rotatable bonds is 3. The molecule has 0 atom stereocenters. The molecule has 0 aliphatic carbocycles. The van der Waals surface area contributed by atoms with E-state index in [2.05, 4.69) is 4.99 Å². The van der Waals surface area contributed by atoms with E-state index in [-0.39, 0.29) is 0 Å². The highest BCUT2D eigenvalue weighted by atomic mass is 35.5. The summed E-state index contributed by atoms with van der Waals surface area (Å²) in [5.74, 6) is 1.23. The maximum atomic E-state index is 5.92. The first-order valence-electron chi connectivity index (χ1n) is 4.34. The van der Waals surface area contributed by atoms with Crippen molar-refractivity contribution in [3.63, 3.8) is 0 Å². The minimum Gasteiger partial charge on any atom is -0.495 e. The summed E-state index contributed by atoms with van der Waals surface area (Å²) in [5, 5.41) is 0.539. The van der Waals surface area contributed by atoms with Crippen molar-refractivity contribution in [2.24, 2.45) is 10.7 Å². The lowest BCUT2D eigenvalue weighted by Gasteiger charge is -2.03. The highest BCUT2D eigenvalue weighted by Crippen LogP contribution is 2.28. The van der Waals surface area contributed by atoms with Gasteiger partial charge in [0.15, 0.2) is 0 Å². The topological polar surface area (TPSA) is 47.6 Å². The Hall–Kier alpha value is -1.22. The zero-order valence-corrected chi connectivity index (χ0v) is 9.01. The smallest absolute Gasteiger partial charge is 0.137 e. The van der Waals surface area contributed by atoms with E-state index in [4.69, 9.17) is 22.1 Å². The van der Waals surface area contributed by atoms with Gasteiger partial charge in [0.1, 0.15) is 5.75 Å². The van der Waals surface area contributed by atoms with E-state index in [1.54, 1.807) is 19.2 Å². The molecule has 0 saturated heterocycles. The third-order valence-electron chi connectivity index (χ3n) is 1.77. The number of halogens is 1. The van der Waals surface area contributed by atoms with Crippen molar-refractivity contribution in [3.8, 4) is 5.75 Å². The Kier molecular flexibility index (Phi) is 3.77. The summed E-state index contributed by atoms with van der Waals surface area (Å²) in [4.78, 5) is 4.17. The molecule has 0 heterocycles. The van der Waals surface area contributed by atoms with Gasteiger partial charge in [0.2, 0.25) is 0 Å². The largest absolute Gasteiger partial charge is 0.495 e. The first-order chi connectivity index (χ1) is 6.67. The molecule has 4 heteroatoms. The number of nitrogens with two attached hydrogens (primary N) is 1. The molecule has 1 aromatic carbocycles. The standard InChI is InChI=1S/C10H13ClN2O/c1-3-10(12)13-7-4-5-9(14-2)8(11)6-7/h4-6H,3H2,1-2H3,(H2,12,13). The zero-order valence-electron chi connectivity index (χ0n) is 8.25. The Labute approximate surface area is 88.5 Å². The van der Waals surface area contributed by atoms with Crippen molar-refractivity contribution in [1.82, 2.24) is 0 Å². The third-order valence-corrected chi connectivity index (χ3v) is 2.07. The fourth-order valence-electron chi connectivity index (χ4n) is 0.970. The van der Waals surface area contributed by atoms with Crippen LogP contribution in [-0.4, -0.2) is 12.9 Å². The van der Waals surface area contributed by atoms with E-state index in [0.717, 1.165) is 12.1 Å². The minimum atomic E-state index is 0.539. The zero-order chi connectivity index (χ0) is 10.6. The highest BCUT2D eigenvalue weighted by molar-refractivity contribution is 6.32. The number of ether oxygens (including phenoxy) is 1. The Morgan fingerprint density at radius 2 is 2.29 bits per heavy atom. The van der Waals surface area contributed by atoms with Crippen LogP contribution in [0.1, 0.15) is 13.3 Å². The summed E-state index contributed by atoms with van der Waals surface area (Å²) >= 11 is 5.92. The predicted molar refractivity (Wildman–Crippen MR) is 59.6 cm³/mol. The molecule has 0 fully saturated rings. The Balaban J connectivity index is 2.97. The van der Waals surface area contributed by atoms with Crippen molar-refractivity contribution in [2.75, 3.05) is 7.11 Å². The van der Waals surface area contributed by atoms with Crippen LogP contribution >= 0.6 is 11.6 Å². The second-order valence-corrected chi connectivity index (χ2v) is 3.18. The van der Waals surface area contributed by atoms with Gasteiger partial charge in [-0.1, -0.05) is 18.5 Å². The molecule has 0 aromatic heterocycles. The van der Waals surface area contributed by atoms with Gasteiger partial charge in [0.25, 0.3) is 0 Å². The summed E-state index contributed by atoms with van der Waals surface area (Å²) in [7, 11) is 1.57. The number of aliphatic imine (C=N–C) groups is 1. The average Bonchev–Trinajstić information content (AvgIpc) is 2.18. The van der Waals surface area contributed by atoms with E-state index in [1.165, 1.54) is 0 Å². The molecule has 1 aromatic rings. The molecule has 0 unspecified atom stereocenters. The van der Waals surface area contributed by atoms with Crippen molar-refractivity contribution >= 4 is 23.1 Å². The Bertz CT molecular complexity index is 350. The van der Waals surface area contributed by atoms with E-state index >= 15 is 0 Å². The fourth-order valence-corrected chi connectivity index (χ4v) is 1.22. The number of nitrogens with zero attached hydrogens (tertiary/aromatic N) is 1. The van der Waals surface area contributed by atoms with E-state index in [9.17, 15) is 0 Å². The lowest BCUT2D eigenvalue weighted by atomic mass is 10.3. The van der Waals surface area contributed by atoms with E-state index in [0.29, 0.717) is 16.6 Å². The van der Waals surface area contributed by atoms with E-state index < -0.39 is 0 Å². The normalized spacial score (nSPS) is 11.5. The van der Waals surface area contributed by atoms with Crippen LogP contribution in [0, 0.1) is 0 Å². The number of methoxy groups -OCH3 is 1. The lowest BCUT2D eigenvalue weighted by molar-refractivity contribution is 0.415. The van der Waals surface area contributed by atoms with Crippen molar-refractivity contribution in [1.29, 1.82) is 0 Å². The summed E-state index contributed by atoms with van der Waals surface area (Å²) in [6.07, 6.45) is 0.726. The molecule has 0 bridgehead atoms. The van der Waals surface area contributed by atoms with E-state index in [1.807, 2.05) is 13.0 Å². The monoisotopic (exact) mass is 212 g/mol. The average molecular weight is 213 g/mol. The van der Waals surface area contributed by atoms with Gasteiger partial charge in [-0.15, -0.1) is 0 Å². The second-order valence-electron chi connectivity index (χ2n) is 2.78. The maximum absolute atomic E-state index is 5.92. The summed E-state index contributed by atoms with van der Waals surface area (Å²) in [6.45, 7) is 1.95. The maximum Gasteiger partial charge on any atom is 0.137 e. The summed E-state index contributed by atoms with van der Waals surface area (Å²) in [6, 6.07) is 5.31. The van der Waals surface area contributed by atoms with Gasteiger partial charge in [-0.05, 0) is 18.2 Å². The molecule has 3 nitrogen and oxygen atoms in total. The van der Waals surface area contributed by atoms with Gasteiger partial charge in [-0.3, -0.25) is 0 Å². The molecular weight excluding hydrogens is 200 g/mol. The van der Waals surface area contributed by atoms with Crippen LogP contribution in [0.4, 0.5) is 5.69 Å². The Morgan fingerprint density at radius 1 is 1.57 bits per heavy atom. The van der Waals surface area contributed by atoms with Crippen LogP contribution in [0.15, 0.2) is 23.2 Å². The molecule has 0 saturated carbocycles. The number of hydrogen-bond acceptors (Lipinski definition) is 2. The molecule has 2 N–H and O–H groups in total. The first kappa shape index (κ1) is 10.9. The quantitative estimate of drug-likeness (QED) is 0.619. The SMILES string of the molecule is CCC(N)=Nc1ccc(OC)c(Cl)c1. The van der Waals surface area contributed by atoms with Crippen LogP contribution < -0.4 is 10.5 Å². The Morgan fingerprint density at radius 3 is 2.79 bits per heavy atom. The van der Waals surface area contributed by atoms with Gasteiger partial charge in [0, 0.05) is 6.42 Å². The third kappa shape index (κ3) is 2.64. The van der Waals surface area contributed by atoms with Crippen molar-refractivity contribution < 1.29 is 4.74 Å². The van der Waals surface area contributed by atoms with Crippen molar-refractivity contribution in [2.45, 2.75) is 13.3 Å². The van der Waals surface area contributed by atoms with Gasteiger partial charge >= 0.3 is 0 Å². The first-order valence-corrected chi connectivity index (χ1v) is 4.71. The highest BCUT2D eigenvalue weighted by Gasteiger charge is 2.00. The lowest BCUT2D eigenvalue weighted by Crippen LogP contribution is -2.08. The minimum absolute atomic E-state index is 0.539. The van der Waals surface area contributed by atoms with Gasteiger partial charge in [-0.25, -0.2) is 4.99 Å². The van der Waals surface area contributed by atoms with Crippen LogP contribution in [0.25, 0.3) is 0 Å². The molecular formula is C10H13ClN2O.